The van der Waals surface area contributed by atoms with Crippen molar-refractivity contribution in [3.05, 3.63) is 58.4 Å². The number of benzene rings is 1. The van der Waals surface area contributed by atoms with Gasteiger partial charge in [0.05, 0.1) is 17.7 Å². The van der Waals surface area contributed by atoms with Gasteiger partial charge in [-0.25, -0.2) is 0 Å². The molecule has 0 radical (unpaired) electrons. The molecule has 0 aliphatic rings. The van der Waals surface area contributed by atoms with Crippen LogP contribution in [-0.4, -0.2) is 23.2 Å². The predicted molar refractivity (Wildman–Crippen MR) is 89.2 cm³/mol. The summed E-state index contributed by atoms with van der Waals surface area (Å²) in [5.41, 5.74) is 1.42. The van der Waals surface area contributed by atoms with E-state index in [9.17, 15) is 18.3 Å². The first-order valence-electron chi connectivity index (χ1n) is 7.32. The highest BCUT2D eigenvalue weighted by Crippen LogP contribution is 2.33. The number of hydrogen-bond donors (Lipinski definition) is 1. The molecule has 126 valence electrons. The van der Waals surface area contributed by atoms with E-state index in [-0.39, 0.29) is 12.1 Å². The normalized spacial score (nSPS) is 11.8. The quantitative estimate of drug-likeness (QED) is 0.743. The maximum absolute atomic E-state index is 12.9. The van der Waals surface area contributed by atoms with E-state index in [1.165, 1.54) is 12.3 Å². The molecule has 2 heterocycles. The smallest absolute Gasteiger partial charge is 0.395 e. The Morgan fingerprint density at radius 2 is 2.00 bits per heavy atom. The summed E-state index contributed by atoms with van der Waals surface area (Å²) in [6.45, 7) is 0.911. The van der Waals surface area contributed by atoms with Gasteiger partial charge in [-0.1, -0.05) is 6.07 Å². The summed E-state index contributed by atoms with van der Waals surface area (Å²) in [7, 11) is 0. The van der Waals surface area contributed by atoms with Crippen molar-refractivity contribution in [1.29, 1.82) is 0 Å². The molecule has 0 unspecified atom stereocenters. The van der Waals surface area contributed by atoms with E-state index in [1.807, 2.05) is 21.7 Å². The minimum absolute atomic E-state index is 0.0470. The van der Waals surface area contributed by atoms with Gasteiger partial charge in [-0.15, -0.1) is 0 Å². The third-order valence-corrected chi connectivity index (χ3v) is 4.44. The molecule has 3 rings (SSSR count). The minimum Gasteiger partial charge on any atom is -0.395 e. The Labute approximate surface area is 141 Å². The van der Waals surface area contributed by atoms with Crippen LogP contribution in [-0.2, 0) is 12.7 Å². The molecule has 0 aliphatic carbocycles. The summed E-state index contributed by atoms with van der Waals surface area (Å²) in [6.07, 6.45) is -2.90. The predicted octanol–water partition coefficient (Wildman–Crippen LogP) is 4.31. The molecule has 0 saturated heterocycles. The zero-order chi connectivity index (χ0) is 17.2. The fourth-order valence-corrected chi connectivity index (χ4v) is 3.25. The molecule has 0 saturated carbocycles. The van der Waals surface area contributed by atoms with Crippen LogP contribution in [0.4, 0.5) is 18.9 Å². The lowest BCUT2D eigenvalue weighted by Crippen LogP contribution is -2.26. The molecule has 3 nitrogen and oxygen atoms in total. The Bertz CT molecular complexity index is 818. The molecule has 0 bridgehead atoms. The number of aliphatic hydroxyl groups is 1. The Balaban J connectivity index is 2.03. The van der Waals surface area contributed by atoms with Gasteiger partial charge in [-0.05, 0) is 40.6 Å². The van der Waals surface area contributed by atoms with Crippen LogP contribution in [0.5, 0.6) is 0 Å². The number of hydrogen-bond acceptors (Lipinski definition) is 4. The van der Waals surface area contributed by atoms with Gasteiger partial charge in [0.1, 0.15) is 0 Å². The van der Waals surface area contributed by atoms with E-state index in [1.54, 1.807) is 17.4 Å². The van der Waals surface area contributed by atoms with E-state index < -0.39 is 11.7 Å². The molecule has 0 amide bonds. The first-order valence-corrected chi connectivity index (χ1v) is 8.26. The van der Waals surface area contributed by atoms with Gasteiger partial charge in [0, 0.05) is 30.4 Å². The van der Waals surface area contributed by atoms with Crippen LogP contribution in [0.25, 0.3) is 10.9 Å². The number of rotatable bonds is 5. The molecule has 24 heavy (non-hydrogen) atoms. The van der Waals surface area contributed by atoms with Crippen molar-refractivity contribution >= 4 is 27.9 Å². The van der Waals surface area contributed by atoms with Crippen molar-refractivity contribution in [3.8, 4) is 0 Å². The Hall–Kier alpha value is -2.12. The number of pyridine rings is 1. The first-order chi connectivity index (χ1) is 11.5. The zero-order valence-corrected chi connectivity index (χ0v) is 13.4. The maximum Gasteiger partial charge on any atom is 0.416 e. The van der Waals surface area contributed by atoms with Gasteiger partial charge < -0.3 is 10.0 Å². The monoisotopic (exact) mass is 352 g/mol. The summed E-state index contributed by atoms with van der Waals surface area (Å²) in [4.78, 5) is 6.01. The van der Waals surface area contributed by atoms with E-state index in [0.717, 1.165) is 23.4 Å². The summed E-state index contributed by atoms with van der Waals surface area (Å²) < 4.78 is 38.6. The number of aliphatic hydroxyl groups excluding tert-OH is 1. The van der Waals surface area contributed by atoms with Gasteiger partial charge in [-0.2, -0.15) is 24.5 Å². The number of fused-ring (bicyclic) bond motifs is 1. The number of nitrogens with zero attached hydrogens (tertiary/aromatic N) is 2. The molecule has 0 fully saturated rings. The molecule has 2 aromatic heterocycles. The maximum atomic E-state index is 12.9. The average Bonchev–Trinajstić information content (AvgIpc) is 3.05. The molecule has 0 aliphatic heterocycles. The third-order valence-electron chi connectivity index (χ3n) is 3.71. The van der Waals surface area contributed by atoms with Crippen LogP contribution in [0.2, 0.25) is 0 Å². The molecule has 3 aromatic rings. The number of thiophene rings is 1. The van der Waals surface area contributed by atoms with Crippen LogP contribution in [0, 0.1) is 0 Å². The highest BCUT2D eigenvalue weighted by Gasteiger charge is 2.30. The third kappa shape index (κ3) is 3.52. The van der Waals surface area contributed by atoms with Crippen LogP contribution in [0.3, 0.4) is 0 Å². The van der Waals surface area contributed by atoms with E-state index in [0.29, 0.717) is 18.5 Å². The molecule has 7 heteroatoms. The summed E-state index contributed by atoms with van der Waals surface area (Å²) in [5.74, 6) is 0. The fraction of sp³-hybridized carbons (Fsp3) is 0.235. The minimum atomic E-state index is -4.40. The number of alkyl halides is 3. The molecule has 0 spiro atoms. The second kappa shape index (κ2) is 6.78. The molecule has 1 N–H and O–H groups in total. The number of anilines is 1. The molecule has 1 aromatic carbocycles. The van der Waals surface area contributed by atoms with Gasteiger partial charge in [-0.3, -0.25) is 4.98 Å². The lowest BCUT2D eigenvalue weighted by molar-refractivity contribution is -0.137. The van der Waals surface area contributed by atoms with Gasteiger partial charge in [0.2, 0.25) is 0 Å². The van der Waals surface area contributed by atoms with Crippen molar-refractivity contribution in [1.82, 2.24) is 4.98 Å². The molecular formula is C17H15F3N2OS. The van der Waals surface area contributed by atoms with Crippen molar-refractivity contribution < 1.29 is 18.3 Å². The standard InChI is InChI=1S/C17H15F3N2OS/c18-17(19,20)13-1-2-14-15(9-13)21-5-3-16(14)22(6-7-23)10-12-4-8-24-11-12/h1-5,8-9,11,23H,6-7,10H2. The van der Waals surface area contributed by atoms with Crippen molar-refractivity contribution in [2.45, 2.75) is 12.7 Å². The van der Waals surface area contributed by atoms with Gasteiger partial charge >= 0.3 is 6.18 Å². The van der Waals surface area contributed by atoms with Crippen LogP contribution in [0.15, 0.2) is 47.3 Å². The Kier molecular flexibility index (Phi) is 4.73. The van der Waals surface area contributed by atoms with Crippen LogP contribution in [0.1, 0.15) is 11.1 Å². The number of halogens is 3. The SMILES string of the molecule is OCCN(Cc1ccsc1)c1ccnc2cc(C(F)(F)F)ccc12. The van der Waals surface area contributed by atoms with E-state index in [4.69, 9.17) is 0 Å². The summed E-state index contributed by atoms with van der Waals surface area (Å²) >= 11 is 1.58. The van der Waals surface area contributed by atoms with E-state index in [2.05, 4.69) is 4.98 Å². The molecular weight excluding hydrogens is 337 g/mol. The first kappa shape index (κ1) is 16.7. The largest absolute Gasteiger partial charge is 0.416 e. The lowest BCUT2D eigenvalue weighted by Gasteiger charge is -2.25. The second-order valence-corrected chi connectivity index (χ2v) is 6.12. The van der Waals surface area contributed by atoms with Crippen LogP contribution >= 0.6 is 11.3 Å². The highest BCUT2D eigenvalue weighted by molar-refractivity contribution is 7.07. The van der Waals surface area contributed by atoms with Gasteiger partial charge in [0.15, 0.2) is 0 Å². The number of aromatic nitrogens is 1. The van der Waals surface area contributed by atoms with Crippen molar-refractivity contribution in [2.75, 3.05) is 18.1 Å². The highest BCUT2D eigenvalue weighted by atomic mass is 32.1. The Morgan fingerprint density at radius 1 is 1.17 bits per heavy atom. The summed E-state index contributed by atoms with van der Waals surface area (Å²) in [6, 6.07) is 7.31. The summed E-state index contributed by atoms with van der Waals surface area (Å²) in [5, 5.41) is 14.0. The van der Waals surface area contributed by atoms with Crippen molar-refractivity contribution in [3.63, 3.8) is 0 Å². The second-order valence-electron chi connectivity index (χ2n) is 5.34. The molecule has 0 atom stereocenters. The lowest BCUT2D eigenvalue weighted by atomic mass is 10.1. The van der Waals surface area contributed by atoms with Crippen LogP contribution < -0.4 is 4.90 Å². The zero-order valence-electron chi connectivity index (χ0n) is 12.6. The average molecular weight is 352 g/mol. The van der Waals surface area contributed by atoms with Gasteiger partial charge in [0.25, 0.3) is 0 Å². The van der Waals surface area contributed by atoms with Crippen molar-refractivity contribution in [2.24, 2.45) is 0 Å². The Morgan fingerprint density at radius 3 is 2.67 bits per heavy atom. The van der Waals surface area contributed by atoms with E-state index >= 15 is 0 Å². The topological polar surface area (TPSA) is 36.4 Å². The fourth-order valence-electron chi connectivity index (χ4n) is 2.59.